The van der Waals surface area contributed by atoms with Crippen molar-refractivity contribution in [2.75, 3.05) is 13.7 Å². The Morgan fingerprint density at radius 2 is 1.96 bits per heavy atom. The molecule has 4 rings (SSSR count). The lowest BCUT2D eigenvalue weighted by atomic mass is 10.2. The van der Waals surface area contributed by atoms with E-state index in [4.69, 9.17) is 4.74 Å². The molecule has 122 valence electrons. The molecule has 1 aromatic carbocycles. The summed E-state index contributed by atoms with van der Waals surface area (Å²) in [5.74, 6) is 2.80. The van der Waals surface area contributed by atoms with Crippen LogP contribution >= 0.6 is 0 Å². The minimum atomic E-state index is 0.805. The number of fused-ring (bicyclic) bond motifs is 1. The van der Waals surface area contributed by atoms with Crippen LogP contribution in [-0.4, -0.2) is 38.3 Å². The van der Waals surface area contributed by atoms with Crippen molar-refractivity contribution in [3.63, 3.8) is 0 Å². The molecule has 0 saturated carbocycles. The van der Waals surface area contributed by atoms with Gasteiger partial charge in [0.1, 0.15) is 11.6 Å². The van der Waals surface area contributed by atoms with Crippen molar-refractivity contribution in [1.82, 2.24) is 24.6 Å². The molecule has 0 fully saturated rings. The Labute approximate surface area is 140 Å². The number of aromatic nitrogens is 4. The summed E-state index contributed by atoms with van der Waals surface area (Å²) in [5, 5.41) is 8.74. The maximum Gasteiger partial charge on any atom is 0.165 e. The van der Waals surface area contributed by atoms with Crippen LogP contribution in [0.5, 0.6) is 5.75 Å². The lowest BCUT2D eigenvalue weighted by Crippen LogP contribution is -2.33. The lowest BCUT2D eigenvalue weighted by molar-refractivity contribution is 0.209. The van der Waals surface area contributed by atoms with E-state index in [2.05, 4.69) is 36.8 Å². The first-order valence-corrected chi connectivity index (χ1v) is 8.01. The zero-order valence-electron chi connectivity index (χ0n) is 13.6. The number of rotatable bonds is 4. The maximum atomic E-state index is 5.21. The fraction of sp³-hybridized carbons (Fsp3) is 0.278. The number of methoxy groups -OCH3 is 1. The van der Waals surface area contributed by atoms with Crippen LogP contribution in [0, 0.1) is 0 Å². The third-order valence-electron chi connectivity index (χ3n) is 4.32. The molecule has 6 heteroatoms. The summed E-state index contributed by atoms with van der Waals surface area (Å²) in [6, 6.07) is 12.2. The predicted molar refractivity (Wildman–Crippen MR) is 90.4 cm³/mol. The monoisotopic (exact) mass is 321 g/mol. The molecule has 0 aliphatic carbocycles. The number of benzene rings is 1. The standard InChI is InChI=1S/C18H19N5O/c1-24-16-6-4-14(5-7-16)12-22-9-10-23-17(13-22)20-21-18(23)15-3-2-8-19-11-15/h2-8,11H,9-10,12-13H2,1H3. The van der Waals surface area contributed by atoms with E-state index in [1.54, 1.807) is 13.3 Å². The summed E-state index contributed by atoms with van der Waals surface area (Å²) in [4.78, 5) is 6.56. The van der Waals surface area contributed by atoms with Gasteiger partial charge in [0.15, 0.2) is 5.82 Å². The van der Waals surface area contributed by atoms with Crippen LogP contribution < -0.4 is 4.74 Å². The predicted octanol–water partition coefficient (Wildman–Crippen LogP) is 2.36. The van der Waals surface area contributed by atoms with E-state index < -0.39 is 0 Å². The minimum absolute atomic E-state index is 0.805. The molecule has 6 nitrogen and oxygen atoms in total. The van der Waals surface area contributed by atoms with Gasteiger partial charge in [-0.15, -0.1) is 10.2 Å². The topological polar surface area (TPSA) is 56.1 Å². The van der Waals surface area contributed by atoms with Gasteiger partial charge in [0.05, 0.1) is 13.7 Å². The van der Waals surface area contributed by atoms with Crippen molar-refractivity contribution in [3.05, 3.63) is 60.2 Å². The highest BCUT2D eigenvalue weighted by Crippen LogP contribution is 2.22. The Morgan fingerprint density at radius 1 is 1.08 bits per heavy atom. The number of ether oxygens (including phenoxy) is 1. The minimum Gasteiger partial charge on any atom is -0.497 e. The summed E-state index contributed by atoms with van der Waals surface area (Å²) < 4.78 is 7.41. The molecular weight excluding hydrogens is 302 g/mol. The van der Waals surface area contributed by atoms with Crippen molar-refractivity contribution >= 4 is 0 Å². The van der Waals surface area contributed by atoms with Crippen molar-refractivity contribution in [3.8, 4) is 17.1 Å². The van der Waals surface area contributed by atoms with Gasteiger partial charge in [0.2, 0.25) is 0 Å². The molecule has 0 spiro atoms. The van der Waals surface area contributed by atoms with Gasteiger partial charge >= 0.3 is 0 Å². The summed E-state index contributed by atoms with van der Waals surface area (Å²) in [5.41, 5.74) is 2.29. The highest BCUT2D eigenvalue weighted by Gasteiger charge is 2.21. The smallest absolute Gasteiger partial charge is 0.165 e. The van der Waals surface area contributed by atoms with Crippen molar-refractivity contribution in [2.45, 2.75) is 19.6 Å². The van der Waals surface area contributed by atoms with Crippen LogP contribution in [0.3, 0.4) is 0 Å². The van der Waals surface area contributed by atoms with Crippen LogP contribution in [0.1, 0.15) is 11.4 Å². The fourth-order valence-corrected chi connectivity index (χ4v) is 3.04. The van der Waals surface area contributed by atoms with Gasteiger partial charge in [-0.25, -0.2) is 0 Å². The molecule has 2 aromatic heterocycles. The number of nitrogens with zero attached hydrogens (tertiary/aromatic N) is 5. The van der Waals surface area contributed by atoms with Gasteiger partial charge in [-0.05, 0) is 29.8 Å². The average Bonchev–Trinajstić information content (AvgIpc) is 3.06. The molecule has 0 bridgehead atoms. The molecule has 0 unspecified atom stereocenters. The molecule has 0 saturated heterocycles. The Kier molecular flexibility index (Phi) is 3.96. The quantitative estimate of drug-likeness (QED) is 0.738. The SMILES string of the molecule is COc1ccc(CN2CCn3c(nnc3-c3cccnc3)C2)cc1. The van der Waals surface area contributed by atoms with E-state index in [-0.39, 0.29) is 0 Å². The third kappa shape index (κ3) is 2.88. The second kappa shape index (κ2) is 6.41. The molecular formula is C18H19N5O. The van der Waals surface area contributed by atoms with E-state index in [9.17, 15) is 0 Å². The average molecular weight is 321 g/mol. The zero-order chi connectivity index (χ0) is 16.4. The van der Waals surface area contributed by atoms with Crippen molar-refractivity contribution in [1.29, 1.82) is 0 Å². The molecule has 1 aliphatic heterocycles. The number of hydrogen-bond acceptors (Lipinski definition) is 5. The highest BCUT2D eigenvalue weighted by molar-refractivity contribution is 5.53. The van der Waals surface area contributed by atoms with E-state index in [1.165, 1.54) is 5.56 Å². The normalized spacial score (nSPS) is 14.4. The highest BCUT2D eigenvalue weighted by atomic mass is 16.5. The second-order valence-corrected chi connectivity index (χ2v) is 5.89. The first kappa shape index (κ1) is 14.8. The summed E-state index contributed by atoms with van der Waals surface area (Å²) in [7, 11) is 1.69. The second-order valence-electron chi connectivity index (χ2n) is 5.89. The van der Waals surface area contributed by atoms with Crippen molar-refractivity contribution < 1.29 is 4.74 Å². The Balaban J connectivity index is 1.49. The maximum absolute atomic E-state index is 5.21. The van der Waals surface area contributed by atoms with Crippen molar-refractivity contribution in [2.24, 2.45) is 0 Å². The molecule has 3 aromatic rings. The lowest BCUT2D eigenvalue weighted by Gasteiger charge is -2.27. The number of hydrogen-bond donors (Lipinski definition) is 0. The van der Waals surface area contributed by atoms with E-state index in [0.717, 1.165) is 49.1 Å². The van der Waals surface area contributed by atoms with Gasteiger partial charge in [-0.1, -0.05) is 12.1 Å². The van der Waals surface area contributed by atoms with Gasteiger partial charge in [0, 0.05) is 37.6 Å². The largest absolute Gasteiger partial charge is 0.497 e. The Bertz CT molecular complexity index is 813. The molecule has 0 N–H and O–H groups in total. The Morgan fingerprint density at radius 3 is 2.71 bits per heavy atom. The van der Waals surface area contributed by atoms with E-state index in [0.29, 0.717) is 0 Å². The zero-order valence-corrected chi connectivity index (χ0v) is 13.6. The van der Waals surface area contributed by atoms with Crippen LogP contribution in [0.25, 0.3) is 11.4 Å². The number of pyridine rings is 1. The first-order valence-electron chi connectivity index (χ1n) is 8.01. The molecule has 0 radical (unpaired) electrons. The van der Waals surface area contributed by atoms with Crippen LogP contribution in [0.2, 0.25) is 0 Å². The molecule has 1 aliphatic rings. The van der Waals surface area contributed by atoms with E-state index >= 15 is 0 Å². The van der Waals surface area contributed by atoms with Crippen LogP contribution in [-0.2, 0) is 19.6 Å². The van der Waals surface area contributed by atoms with Gasteiger partial charge in [-0.3, -0.25) is 9.88 Å². The third-order valence-corrected chi connectivity index (χ3v) is 4.32. The summed E-state index contributed by atoms with van der Waals surface area (Å²) in [6.45, 7) is 3.57. The molecule has 24 heavy (non-hydrogen) atoms. The molecule has 3 heterocycles. The van der Waals surface area contributed by atoms with Gasteiger partial charge in [-0.2, -0.15) is 0 Å². The van der Waals surface area contributed by atoms with Gasteiger partial charge < -0.3 is 9.30 Å². The summed E-state index contributed by atoms with van der Waals surface area (Å²) in [6.07, 6.45) is 3.61. The van der Waals surface area contributed by atoms with E-state index in [1.807, 2.05) is 30.5 Å². The Hall–Kier alpha value is -2.73. The molecule has 0 amide bonds. The fourth-order valence-electron chi connectivity index (χ4n) is 3.04. The van der Waals surface area contributed by atoms with Gasteiger partial charge in [0.25, 0.3) is 0 Å². The molecule has 0 atom stereocenters. The van der Waals surface area contributed by atoms with Crippen LogP contribution in [0.15, 0.2) is 48.8 Å². The summed E-state index contributed by atoms with van der Waals surface area (Å²) >= 11 is 0. The van der Waals surface area contributed by atoms with Crippen LogP contribution in [0.4, 0.5) is 0 Å². The first-order chi connectivity index (χ1) is 11.8.